The summed E-state index contributed by atoms with van der Waals surface area (Å²) in [6, 6.07) is 14.5. The van der Waals surface area contributed by atoms with E-state index in [-0.39, 0.29) is 5.78 Å². The van der Waals surface area contributed by atoms with E-state index in [1.54, 1.807) is 6.92 Å². The zero-order valence-corrected chi connectivity index (χ0v) is 21.9. The Morgan fingerprint density at radius 1 is 1.03 bits per heavy atom. The molecule has 0 spiro atoms. The lowest BCUT2D eigenvalue weighted by Crippen LogP contribution is -2.10. The van der Waals surface area contributed by atoms with Gasteiger partial charge in [0, 0.05) is 51.2 Å². The van der Waals surface area contributed by atoms with Crippen LogP contribution in [0.4, 0.5) is 0 Å². The Hall–Kier alpha value is -4.14. The average molecular weight is 507 g/mol. The molecule has 0 aliphatic rings. The second-order valence-corrected chi connectivity index (χ2v) is 10.7. The molecule has 0 unspecified atom stereocenters. The molecule has 0 aliphatic carbocycles. The van der Waals surface area contributed by atoms with Gasteiger partial charge in [-0.2, -0.15) is 5.10 Å². The lowest BCUT2D eigenvalue weighted by atomic mass is 10.0. The molecule has 0 amide bonds. The number of carbonyl (C=O) groups is 1. The first-order valence-electron chi connectivity index (χ1n) is 12.0. The molecule has 0 atom stereocenters. The third-order valence-electron chi connectivity index (χ3n) is 6.51. The molecule has 5 aromatic heterocycles. The van der Waals surface area contributed by atoms with E-state index in [0.29, 0.717) is 0 Å². The van der Waals surface area contributed by atoms with Crippen molar-refractivity contribution in [3.05, 3.63) is 77.1 Å². The van der Waals surface area contributed by atoms with Gasteiger partial charge in [-0.1, -0.05) is 12.1 Å². The third-order valence-corrected chi connectivity index (χ3v) is 7.73. The maximum absolute atomic E-state index is 11.9. The van der Waals surface area contributed by atoms with Crippen LogP contribution >= 0.6 is 11.3 Å². The highest BCUT2D eigenvalue weighted by molar-refractivity contribution is 7.17. The van der Waals surface area contributed by atoms with Crippen molar-refractivity contribution in [2.24, 2.45) is 0 Å². The standard InChI is InChI=1S/C29H26N6OS/c1-16-5-6-20(27-8-7-26(37-27)17(2)36)21-10-24(32-28(16)21)29-22-11-23(31-14-25(22)33-34-29)19-9-18(12-30-13-19)15-35(3)4/h5-14,32H,15H2,1-4H3,(H,33,34). The monoisotopic (exact) mass is 506 g/mol. The number of rotatable bonds is 6. The number of fused-ring (bicyclic) bond motifs is 2. The number of hydrogen-bond donors (Lipinski definition) is 2. The second-order valence-electron chi connectivity index (χ2n) is 9.63. The predicted octanol–water partition coefficient (Wildman–Crippen LogP) is 6.47. The number of ketones is 1. The van der Waals surface area contributed by atoms with Crippen molar-refractivity contribution < 1.29 is 4.79 Å². The molecular formula is C29H26N6OS. The highest BCUT2D eigenvalue weighted by atomic mass is 32.1. The summed E-state index contributed by atoms with van der Waals surface area (Å²) in [5, 5.41) is 9.88. The first-order chi connectivity index (χ1) is 17.9. The Kier molecular flexibility index (Phi) is 5.70. The Balaban J connectivity index is 1.46. The maximum Gasteiger partial charge on any atom is 0.169 e. The van der Waals surface area contributed by atoms with E-state index < -0.39 is 0 Å². The molecule has 5 heterocycles. The third kappa shape index (κ3) is 4.24. The summed E-state index contributed by atoms with van der Waals surface area (Å²) in [7, 11) is 4.09. The highest BCUT2D eigenvalue weighted by Gasteiger charge is 2.17. The number of thiophene rings is 1. The molecule has 2 N–H and O–H groups in total. The Labute approximate surface area is 218 Å². The lowest BCUT2D eigenvalue weighted by molar-refractivity contribution is 0.102. The largest absolute Gasteiger partial charge is 0.353 e. The molecule has 6 aromatic rings. The van der Waals surface area contributed by atoms with E-state index in [9.17, 15) is 4.79 Å². The molecule has 1 aromatic carbocycles. The van der Waals surface area contributed by atoms with Crippen LogP contribution in [0.1, 0.15) is 27.7 Å². The van der Waals surface area contributed by atoms with Crippen LogP contribution in [0, 0.1) is 6.92 Å². The van der Waals surface area contributed by atoms with Gasteiger partial charge in [0.15, 0.2) is 5.78 Å². The van der Waals surface area contributed by atoms with Crippen molar-refractivity contribution in [2.75, 3.05) is 14.1 Å². The molecule has 8 heteroatoms. The molecule has 0 fully saturated rings. The van der Waals surface area contributed by atoms with Gasteiger partial charge >= 0.3 is 0 Å². The van der Waals surface area contributed by atoms with E-state index in [1.165, 1.54) is 11.3 Å². The lowest BCUT2D eigenvalue weighted by Gasteiger charge is -2.10. The number of aryl methyl sites for hydroxylation is 1. The number of H-pyrrole nitrogens is 2. The van der Waals surface area contributed by atoms with E-state index in [1.807, 2.05) is 44.8 Å². The van der Waals surface area contributed by atoms with Crippen LogP contribution in [-0.4, -0.2) is 49.9 Å². The summed E-state index contributed by atoms with van der Waals surface area (Å²) in [5.41, 5.74) is 8.92. The van der Waals surface area contributed by atoms with Gasteiger partial charge in [0.1, 0.15) is 5.69 Å². The summed E-state index contributed by atoms with van der Waals surface area (Å²) in [6.45, 7) is 4.52. The number of pyridine rings is 2. The normalized spacial score (nSPS) is 11.7. The molecular weight excluding hydrogens is 480 g/mol. The molecule has 6 rings (SSSR count). The van der Waals surface area contributed by atoms with Crippen molar-refractivity contribution in [2.45, 2.75) is 20.4 Å². The van der Waals surface area contributed by atoms with Crippen molar-refractivity contribution in [3.8, 4) is 33.1 Å². The minimum Gasteiger partial charge on any atom is -0.353 e. The fourth-order valence-corrected chi connectivity index (χ4v) is 5.67. The zero-order valence-electron chi connectivity index (χ0n) is 21.1. The summed E-state index contributed by atoms with van der Waals surface area (Å²) in [5.74, 6) is 0.0872. The van der Waals surface area contributed by atoms with Gasteiger partial charge in [-0.3, -0.25) is 19.9 Å². The number of hydrogen-bond acceptors (Lipinski definition) is 6. The van der Waals surface area contributed by atoms with Crippen LogP contribution in [-0.2, 0) is 6.54 Å². The minimum atomic E-state index is 0.0872. The summed E-state index contributed by atoms with van der Waals surface area (Å²) < 4.78 is 0. The van der Waals surface area contributed by atoms with Crippen LogP contribution < -0.4 is 0 Å². The fraction of sp³-hybridized carbons (Fsp3) is 0.172. The summed E-state index contributed by atoms with van der Waals surface area (Å²) >= 11 is 1.53. The predicted molar refractivity (Wildman–Crippen MR) is 150 cm³/mol. The average Bonchev–Trinajstić information content (AvgIpc) is 3.62. The number of nitrogens with one attached hydrogen (secondary N) is 2. The first-order valence-corrected chi connectivity index (χ1v) is 12.9. The topological polar surface area (TPSA) is 90.6 Å². The maximum atomic E-state index is 11.9. The molecule has 37 heavy (non-hydrogen) atoms. The van der Waals surface area contributed by atoms with Crippen LogP contribution in [0.3, 0.4) is 0 Å². The molecule has 0 bridgehead atoms. The zero-order chi connectivity index (χ0) is 25.7. The van der Waals surface area contributed by atoms with Crippen molar-refractivity contribution in [1.29, 1.82) is 0 Å². The molecule has 0 saturated carbocycles. The van der Waals surface area contributed by atoms with Gasteiger partial charge in [-0.05, 0) is 69.4 Å². The summed E-state index contributed by atoms with van der Waals surface area (Å²) in [4.78, 5) is 28.5. The van der Waals surface area contributed by atoms with Crippen molar-refractivity contribution in [3.63, 3.8) is 0 Å². The van der Waals surface area contributed by atoms with Gasteiger partial charge in [0.25, 0.3) is 0 Å². The van der Waals surface area contributed by atoms with Crippen LogP contribution in [0.2, 0.25) is 0 Å². The van der Waals surface area contributed by atoms with Gasteiger partial charge < -0.3 is 9.88 Å². The number of carbonyl (C=O) groups excluding carboxylic acids is 1. The van der Waals surface area contributed by atoms with Gasteiger partial charge in [-0.25, -0.2) is 0 Å². The van der Waals surface area contributed by atoms with Crippen LogP contribution in [0.25, 0.3) is 54.9 Å². The first kappa shape index (κ1) is 23.3. The minimum absolute atomic E-state index is 0.0872. The molecule has 0 saturated heterocycles. The molecule has 0 aliphatic heterocycles. The Morgan fingerprint density at radius 2 is 1.89 bits per heavy atom. The number of benzene rings is 1. The number of Topliss-reactive ketones (excluding diaryl/α,β-unsaturated/α-hetero) is 1. The van der Waals surface area contributed by atoms with Crippen LogP contribution in [0.5, 0.6) is 0 Å². The van der Waals surface area contributed by atoms with Gasteiger partial charge in [-0.15, -0.1) is 11.3 Å². The van der Waals surface area contributed by atoms with E-state index >= 15 is 0 Å². The fourth-order valence-electron chi connectivity index (χ4n) is 4.73. The van der Waals surface area contributed by atoms with Gasteiger partial charge in [0.2, 0.25) is 0 Å². The molecule has 184 valence electrons. The van der Waals surface area contributed by atoms with Crippen LogP contribution in [0.15, 0.2) is 61.1 Å². The van der Waals surface area contributed by atoms with E-state index in [0.717, 1.165) is 77.4 Å². The summed E-state index contributed by atoms with van der Waals surface area (Å²) in [6.07, 6.45) is 5.57. The SMILES string of the molecule is CC(=O)c1ccc(-c2ccc(C)c3[nH]c(-c4n[nH]c5cnc(-c6cncc(CN(C)C)c6)cc45)cc23)s1. The van der Waals surface area contributed by atoms with E-state index in [2.05, 4.69) is 67.3 Å². The highest BCUT2D eigenvalue weighted by Crippen LogP contribution is 2.38. The number of aromatic amines is 2. The van der Waals surface area contributed by atoms with Crippen molar-refractivity contribution >= 4 is 38.9 Å². The number of aromatic nitrogens is 5. The quantitative estimate of drug-likeness (QED) is 0.253. The van der Waals surface area contributed by atoms with Gasteiger partial charge in [0.05, 0.1) is 28.0 Å². The molecule has 0 radical (unpaired) electrons. The number of nitrogens with zero attached hydrogens (tertiary/aromatic N) is 4. The molecule has 7 nitrogen and oxygen atoms in total. The Morgan fingerprint density at radius 3 is 2.68 bits per heavy atom. The second kappa shape index (κ2) is 9.06. The smallest absolute Gasteiger partial charge is 0.169 e. The Bertz CT molecular complexity index is 1790. The van der Waals surface area contributed by atoms with Crippen molar-refractivity contribution in [1.82, 2.24) is 30.0 Å². The van der Waals surface area contributed by atoms with E-state index in [4.69, 9.17) is 0 Å².